The van der Waals surface area contributed by atoms with Gasteiger partial charge in [0.1, 0.15) is 5.75 Å². The largest absolute Gasteiger partial charge is 0.491 e. The Bertz CT molecular complexity index is 615. The smallest absolute Gasteiger partial charge is 0.251 e. The van der Waals surface area contributed by atoms with Crippen LogP contribution in [0.1, 0.15) is 48.3 Å². The fraction of sp³-hybridized carbons (Fsp3) is 0.316. The van der Waals surface area contributed by atoms with E-state index in [1.54, 1.807) is 12.1 Å². The van der Waals surface area contributed by atoms with Gasteiger partial charge in [-0.15, -0.1) is 0 Å². The van der Waals surface area contributed by atoms with Crippen molar-refractivity contribution in [3.05, 3.63) is 65.2 Å². The molecule has 1 N–H and O–H groups in total. The van der Waals surface area contributed by atoms with Crippen molar-refractivity contribution in [2.24, 2.45) is 0 Å². The first-order chi connectivity index (χ1) is 10.5. The monoisotopic (exact) mass is 297 g/mol. The van der Waals surface area contributed by atoms with Gasteiger partial charge in [0, 0.05) is 5.56 Å². The molecule has 1 amide bonds. The molecule has 0 spiro atoms. The van der Waals surface area contributed by atoms with E-state index in [9.17, 15) is 4.79 Å². The molecule has 0 saturated heterocycles. The van der Waals surface area contributed by atoms with E-state index in [0.29, 0.717) is 5.56 Å². The molecule has 116 valence electrons. The van der Waals surface area contributed by atoms with E-state index in [-0.39, 0.29) is 18.1 Å². The number of ether oxygens (including phenoxy) is 1. The molecule has 0 heterocycles. The summed E-state index contributed by atoms with van der Waals surface area (Å²) in [5.74, 6) is 0.697. The molecule has 0 fully saturated rings. The summed E-state index contributed by atoms with van der Waals surface area (Å²) in [5.41, 5.74) is 2.94. The van der Waals surface area contributed by atoms with Gasteiger partial charge in [-0.1, -0.05) is 29.8 Å². The summed E-state index contributed by atoms with van der Waals surface area (Å²) in [5, 5.41) is 3.01. The number of hydrogen-bond donors (Lipinski definition) is 1. The van der Waals surface area contributed by atoms with Crippen molar-refractivity contribution in [3.8, 4) is 5.75 Å². The third-order valence-electron chi connectivity index (χ3n) is 3.41. The van der Waals surface area contributed by atoms with Crippen LogP contribution in [0.15, 0.2) is 48.5 Å². The fourth-order valence-electron chi connectivity index (χ4n) is 2.18. The van der Waals surface area contributed by atoms with Gasteiger partial charge in [0.2, 0.25) is 0 Å². The van der Waals surface area contributed by atoms with Crippen LogP contribution in [0, 0.1) is 6.92 Å². The van der Waals surface area contributed by atoms with Crippen molar-refractivity contribution in [2.75, 3.05) is 0 Å². The molecule has 0 unspecified atom stereocenters. The van der Waals surface area contributed by atoms with Crippen LogP contribution in [-0.2, 0) is 0 Å². The van der Waals surface area contributed by atoms with E-state index in [0.717, 1.165) is 11.3 Å². The minimum Gasteiger partial charge on any atom is -0.491 e. The topological polar surface area (TPSA) is 38.3 Å². The maximum absolute atomic E-state index is 12.3. The van der Waals surface area contributed by atoms with Crippen LogP contribution in [0.3, 0.4) is 0 Å². The number of amides is 1. The van der Waals surface area contributed by atoms with Crippen LogP contribution in [0.2, 0.25) is 0 Å². The molecule has 2 aromatic rings. The highest BCUT2D eigenvalue weighted by Crippen LogP contribution is 2.16. The van der Waals surface area contributed by atoms with E-state index in [1.165, 1.54) is 5.56 Å². The molecule has 3 nitrogen and oxygen atoms in total. The second kappa shape index (κ2) is 7.12. The van der Waals surface area contributed by atoms with Gasteiger partial charge < -0.3 is 10.1 Å². The molecule has 22 heavy (non-hydrogen) atoms. The predicted molar refractivity (Wildman–Crippen MR) is 89.3 cm³/mol. The summed E-state index contributed by atoms with van der Waals surface area (Å²) in [7, 11) is 0. The molecule has 0 radical (unpaired) electrons. The first kappa shape index (κ1) is 16.1. The maximum atomic E-state index is 12.3. The Morgan fingerprint density at radius 1 is 0.955 bits per heavy atom. The Labute approximate surface area is 132 Å². The number of aryl methyl sites for hydroxylation is 1. The molecule has 0 saturated carbocycles. The third-order valence-corrected chi connectivity index (χ3v) is 3.41. The summed E-state index contributed by atoms with van der Waals surface area (Å²) in [6.07, 6.45) is 0.126. The zero-order chi connectivity index (χ0) is 16.1. The average molecular weight is 297 g/mol. The molecule has 2 rings (SSSR count). The van der Waals surface area contributed by atoms with Crippen molar-refractivity contribution >= 4 is 5.91 Å². The Balaban J connectivity index is 2.00. The SMILES string of the molecule is Cc1ccc([C@@H](C)NC(=O)c2ccc(OC(C)C)cc2)cc1. The number of rotatable bonds is 5. The van der Waals surface area contributed by atoms with Gasteiger partial charge in [0.15, 0.2) is 0 Å². The standard InChI is InChI=1S/C19H23NO2/c1-13(2)22-18-11-9-17(10-12-18)19(21)20-15(4)16-7-5-14(3)6-8-16/h5-13,15H,1-4H3,(H,20,21)/t15-/m1/s1. The normalized spacial score (nSPS) is 12.0. The van der Waals surface area contributed by atoms with Crippen LogP contribution < -0.4 is 10.1 Å². The van der Waals surface area contributed by atoms with Gasteiger partial charge in [-0.25, -0.2) is 0 Å². The third kappa shape index (κ3) is 4.35. The first-order valence-electron chi connectivity index (χ1n) is 7.60. The van der Waals surface area contributed by atoms with Gasteiger partial charge in [-0.05, 0) is 57.5 Å². The minimum absolute atomic E-state index is 0.0281. The van der Waals surface area contributed by atoms with Gasteiger partial charge in [-0.3, -0.25) is 4.79 Å². The van der Waals surface area contributed by atoms with Crippen molar-refractivity contribution in [2.45, 2.75) is 39.8 Å². The molecule has 0 aliphatic carbocycles. The first-order valence-corrected chi connectivity index (χ1v) is 7.60. The lowest BCUT2D eigenvalue weighted by molar-refractivity contribution is 0.0940. The zero-order valence-corrected chi connectivity index (χ0v) is 13.6. The molecular formula is C19H23NO2. The van der Waals surface area contributed by atoms with Crippen LogP contribution in [0.25, 0.3) is 0 Å². The van der Waals surface area contributed by atoms with Gasteiger partial charge in [-0.2, -0.15) is 0 Å². The molecule has 1 atom stereocenters. The van der Waals surface area contributed by atoms with Gasteiger partial charge >= 0.3 is 0 Å². The van der Waals surface area contributed by atoms with Crippen LogP contribution in [0.4, 0.5) is 0 Å². The lowest BCUT2D eigenvalue weighted by Gasteiger charge is -2.15. The Hall–Kier alpha value is -2.29. The summed E-state index contributed by atoms with van der Waals surface area (Å²) < 4.78 is 5.58. The van der Waals surface area contributed by atoms with Crippen molar-refractivity contribution < 1.29 is 9.53 Å². The Morgan fingerprint density at radius 2 is 1.55 bits per heavy atom. The van der Waals surface area contributed by atoms with Crippen LogP contribution in [0.5, 0.6) is 5.75 Å². The highest BCUT2D eigenvalue weighted by molar-refractivity contribution is 5.94. The van der Waals surface area contributed by atoms with Gasteiger partial charge in [0.05, 0.1) is 12.1 Å². The van der Waals surface area contributed by atoms with E-state index in [1.807, 2.05) is 52.0 Å². The van der Waals surface area contributed by atoms with Gasteiger partial charge in [0.25, 0.3) is 5.91 Å². The van der Waals surface area contributed by atoms with E-state index in [2.05, 4.69) is 17.4 Å². The molecule has 3 heteroatoms. The fourth-order valence-corrected chi connectivity index (χ4v) is 2.18. The number of nitrogens with one attached hydrogen (secondary N) is 1. The highest BCUT2D eigenvalue weighted by atomic mass is 16.5. The average Bonchev–Trinajstić information content (AvgIpc) is 2.48. The predicted octanol–water partition coefficient (Wildman–Crippen LogP) is 4.27. The van der Waals surface area contributed by atoms with Crippen molar-refractivity contribution in [1.82, 2.24) is 5.32 Å². The summed E-state index contributed by atoms with van der Waals surface area (Å²) in [6.45, 7) is 7.99. The van der Waals surface area contributed by atoms with Crippen molar-refractivity contribution in [1.29, 1.82) is 0 Å². The quantitative estimate of drug-likeness (QED) is 0.895. The Kier molecular flexibility index (Phi) is 5.21. The number of hydrogen-bond acceptors (Lipinski definition) is 2. The summed E-state index contributed by atoms with van der Waals surface area (Å²) in [4.78, 5) is 12.3. The highest BCUT2D eigenvalue weighted by Gasteiger charge is 2.11. The number of carbonyl (C=O) groups is 1. The molecule has 0 aliphatic heterocycles. The Morgan fingerprint density at radius 3 is 2.09 bits per heavy atom. The maximum Gasteiger partial charge on any atom is 0.251 e. The van der Waals surface area contributed by atoms with Crippen LogP contribution >= 0.6 is 0 Å². The number of benzene rings is 2. The second-order valence-electron chi connectivity index (χ2n) is 5.80. The second-order valence-corrected chi connectivity index (χ2v) is 5.80. The molecule has 0 aromatic heterocycles. The minimum atomic E-state index is -0.0795. The molecular weight excluding hydrogens is 274 g/mol. The summed E-state index contributed by atoms with van der Waals surface area (Å²) in [6, 6.07) is 15.4. The molecule has 2 aromatic carbocycles. The molecule has 0 bridgehead atoms. The zero-order valence-electron chi connectivity index (χ0n) is 13.6. The van der Waals surface area contributed by atoms with Crippen LogP contribution in [-0.4, -0.2) is 12.0 Å². The van der Waals surface area contributed by atoms with E-state index < -0.39 is 0 Å². The van der Waals surface area contributed by atoms with Crippen molar-refractivity contribution in [3.63, 3.8) is 0 Å². The van der Waals surface area contributed by atoms with E-state index in [4.69, 9.17) is 4.74 Å². The molecule has 0 aliphatic rings. The summed E-state index contributed by atoms with van der Waals surface area (Å²) >= 11 is 0. The number of carbonyl (C=O) groups excluding carboxylic acids is 1. The lowest BCUT2D eigenvalue weighted by Crippen LogP contribution is -2.26. The lowest BCUT2D eigenvalue weighted by atomic mass is 10.1. The van der Waals surface area contributed by atoms with E-state index >= 15 is 0 Å².